The number of benzene rings is 2. The van der Waals surface area contributed by atoms with E-state index in [0.29, 0.717) is 23.7 Å². The Balaban J connectivity index is 1.90. The quantitative estimate of drug-likeness (QED) is 0.814. The first-order valence-electron chi connectivity index (χ1n) is 8.93. The van der Waals surface area contributed by atoms with Crippen LogP contribution in [-0.4, -0.2) is 39.1 Å². The largest absolute Gasteiger partial charge is 0.497 e. The van der Waals surface area contributed by atoms with Crippen LogP contribution in [0.2, 0.25) is 0 Å². The van der Waals surface area contributed by atoms with Gasteiger partial charge in [-0.1, -0.05) is 18.2 Å². The molecule has 6 heteroatoms. The summed E-state index contributed by atoms with van der Waals surface area (Å²) >= 11 is 0. The molecule has 3 rings (SSSR count). The van der Waals surface area contributed by atoms with Gasteiger partial charge in [0.25, 0.3) is 0 Å². The highest BCUT2D eigenvalue weighted by atomic mass is 16.5. The van der Waals surface area contributed by atoms with Gasteiger partial charge in [-0.15, -0.1) is 0 Å². The molecule has 0 unspecified atom stereocenters. The van der Waals surface area contributed by atoms with Crippen LogP contribution in [0.1, 0.15) is 18.9 Å². The number of amides is 2. The first-order chi connectivity index (χ1) is 13.0. The van der Waals surface area contributed by atoms with E-state index in [2.05, 4.69) is 0 Å². The molecule has 2 aromatic carbocycles. The summed E-state index contributed by atoms with van der Waals surface area (Å²) in [6.07, 6.45) is 1.87. The smallest absolute Gasteiger partial charge is 0.247 e. The number of carbonyl (C=O) groups is 2. The van der Waals surface area contributed by atoms with Gasteiger partial charge < -0.3 is 14.4 Å². The fourth-order valence-electron chi connectivity index (χ4n) is 3.39. The molecule has 0 bridgehead atoms. The van der Waals surface area contributed by atoms with Crippen LogP contribution < -0.4 is 19.3 Å². The number of rotatable bonds is 5. The standard InChI is InChI=1S/C21H24N2O4/c1-15(24)23(19-13-17(26-2)10-11-20(19)27-3)14-21(25)22-12-6-8-16-7-4-5-9-18(16)22/h4-5,7,9-11,13H,6,8,12,14H2,1-3H3. The molecule has 0 atom stereocenters. The third-order valence-corrected chi connectivity index (χ3v) is 4.76. The van der Waals surface area contributed by atoms with Crippen molar-refractivity contribution in [3.8, 4) is 11.5 Å². The van der Waals surface area contributed by atoms with E-state index < -0.39 is 0 Å². The Labute approximate surface area is 159 Å². The molecule has 0 radical (unpaired) electrons. The number of ether oxygens (including phenoxy) is 2. The van der Waals surface area contributed by atoms with Crippen LogP contribution in [0.25, 0.3) is 0 Å². The van der Waals surface area contributed by atoms with Gasteiger partial charge in [-0.25, -0.2) is 0 Å². The topological polar surface area (TPSA) is 59.1 Å². The molecule has 0 N–H and O–H groups in total. The third-order valence-electron chi connectivity index (χ3n) is 4.76. The molecule has 27 heavy (non-hydrogen) atoms. The number of para-hydroxylation sites is 1. The molecule has 1 heterocycles. The van der Waals surface area contributed by atoms with Gasteiger partial charge in [0.05, 0.1) is 19.9 Å². The Bertz CT molecular complexity index is 850. The number of fused-ring (bicyclic) bond motifs is 1. The van der Waals surface area contributed by atoms with Crippen LogP contribution in [0.5, 0.6) is 11.5 Å². The van der Waals surface area contributed by atoms with E-state index in [1.165, 1.54) is 18.9 Å². The minimum Gasteiger partial charge on any atom is -0.497 e. The molecule has 142 valence electrons. The van der Waals surface area contributed by atoms with Crippen LogP contribution in [0.4, 0.5) is 11.4 Å². The van der Waals surface area contributed by atoms with Gasteiger partial charge in [-0.2, -0.15) is 0 Å². The molecule has 6 nitrogen and oxygen atoms in total. The molecule has 1 aliphatic heterocycles. The van der Waals surface area contributed by atoms with Crippen LogP contribution in [-0.2, 0) is 16.0 Å². The maximum Gasteiger partial charge on any atom is 0.247 e. The zero-order valence-corrected chi connectivity index (χ0v) is 15.9. The average molecular weight is 368 g/mol. The highest BCUT2D eigenvalue weighted by Gasteiger charge is 2.26. The van der Waals surface area contributed by atoms with Crippen molar-refractivity contribution in [2.75, 3.05) is 37.1 Å². The van der Waals surface area contributed by atoms with Crippen molar-refractivity contribution in [2.45, 2.75) is 19.8 Å². The molecule has 0 fully saturated rings. The summed E-state index contributed by atoms with van der Waals surface area (Å²) in [5, 5.41) is 0. The second kappa shape index (κ2) is 8.12. The summed E-state index contributed by atoms with van der Waals surface area (Å²) in [5.74, 6) is 0.744. The van der Waals surface area contributed by atoms with Crippen molar-refractivity contribution >= 4 is 23.2 Å². The average Bonchev–Trinajstić information content (AvgIpc) is 2.70. The molecule has 0 saturated carbocycles. The van der Waals surface area contributed by atoms with Crippen molar-refractivity contribution in [2.24, 2.45) is 0 Å². The summed E-state index contributed by atoms with van der Waals surface area (Å²) < 4.78 is 10.6. The SMILES string of the molecule is COc1ccc(OC)c(N(CC(=O)N2CCCc3ccccc32)C(C)=O)c1. The zero-order valence-electron chi connectivity index (χ0n) is 15.9. The second-order valence-electron chi connectivity index (χ2n) is 6.42. The number of hydrogen-bond donors (Lipinski definition) is 0. The Morgan fingerprint density at radius 3 is 2.59 bits per heavy atom. The maximum absolute atomic E-state index is 13.1. The number of aryl methyl sites for hydroxylation is 1. The normalized spacial score (nSPS) is 12.9. The minimum atomic E-state index is -0.236. The van der Waals surface area contributed by atoms with Crippen molar-refractivity contribution < 1.29 is 19.1 Å². The van der Waals surface area contributed by atoms with Crippen molar-refractivity contribution in [3.63, 3.8) is 0 Å². The monoisotopic (exact) mass is 368 g/mol. The van der Waals surface area contributed by atoms with Gasteiger partial charge in [0.2, 0.25) is 11.8 Å². The summed E-state index contributed by atoms with van der Waals surface area (Å²) in [6.45, 7) is 2.03. The van der Waals surface area contributed by atoms with Crippen molar-refractivity contribution in [1.82, 2.24) is 0 Å². The first kappa shape index (κ1) is 18.8. The van der Waals surface area contributed by atoms with E-state index in [1.54, 1.807) is 30.2 Å². The Morgan fingerprint density at radius 1 is 1.11 bits per heavy atom. The molecule has 2 amide bonds. The summed E-state index contributed by atoms with van der Waals surface area (Å²) in [5.41, 5.74) is 2.60. The molecule has 1 aliphatic rings. The summed E-state index contributed by atoms with van der Waals surface area (Å²) in [4.78, 5) is 28.6. The summed E-state index contributed by atoms with van der Waals surface area (Å²) in [6, 6.07) is 13.1. The zero-order chi connectivity index (χ0) is 19.4. The van der Waals surface area contributed by atoms with Gasteiger partial charge in [0, 0.05) is 25.2 Å². The predicted octanol–water partition coefficient (Wildman–Crippen LogP) is 3.04. The van der Waals surface area contributed by atoms with Gasteiger partial charge in [-0.3, -0.25) is 14.5 Å². The fraction of sp³-hybridized carbons (Fsp3) is 0.333. The predicted molar refractivity (Wildman–Crippen MR) is 105 cm³/mol. The Kier molecular flexibility index (Phi) is 5.64. The number of carbonyl (C=O) groups excluding carboxylic acids is 2. The molecule has 0 saturated heterocycles. The lowest BCUT2D eigenvalue weighted by molar-refractivity contribution is -0.121. The second-order valence-corrected chi connectivity index (χ2v) is 6.42. The highest BCUT2D eigenvalue weighted by Crippen LogP contribution is 2.33. The lowest BCUT2D eigenvalue weighted by atomic mass is 10.0. The van der Waals surface area contributed by atoms with Gasteiger partial charge >= 0.3 is 0 Å². The molecule has 0 aromatic heterocycles. The van der Waals surface area contributed by atoms with Crippen LogP contribution in [0, 0.1) is 0 Å². The number of methoxy groups -OCH3 is 2. The lowest BCUT2D eigenvalue weighted by Gasteiger charge is -2.32. The molecular formula is C21H24N2O4. The van der Waals surface area contributed by atoms with Gasteiger partial charge in [-0.05, 0) is 36.6 Å². The van der Waals surface area contributed by atoms with Crippen LogP contribution in [0.3, 0.4) is 0 Å². The summed E-state index contributed by atoms with van der Waals surface area (Å²) in [7, 11) is 3.09. The molecule has 0 aliphatic carbocycles. The number of anilines is 2. The molecular weight excluding hydrogens is 344 g/mol. The van der Waals surface area contributed by atoms with Gasteiger partial charge in [0.1, 0.15) is 18.0 Å². The molecule has 2 aromatic rings. The Morgan fingerprint density at radius 2 is 1.89 bits per heavy atom. The Hall–Kier alpha value is -3.02. The van der Waals surface area contributed by atoms with Crippen molar-refractivity contribution in [1.29, 1.82) is 0 Å². The minimum absolute atomic E-state index is 0.0623. The van der Waals surface area contributed by atoms with E-state index in [9.17, 15) is 9.59 Å². The van der Waals surface area contributed by atoms with Crippen molar-refractivity contribution in [3.05, 3.63) is 48.0 Å². The lowest BCUT2D eigenvalue weighted by Crippen LogP contribution is -2.44. The van der Waals surface area contributed by atoms with Crippen LogP contribution >= 0.6 is 0 Å². The van der Waals surface area contributed by atoms with Gasteiger partial charge in [0.15, 0.2) is 0 Å². The number of hydrogen-bond acceptors (Lipinski definition) is 4. The first-order valence-corrected chi connectivity index (χ1v) is 8.93. The maximum atomic E-state index is 13.1. The third kappa shape index (κ3) is 3.89. The van der Waals surface area contributed by atoms with E-state index in [-0.39, 0.29) is 18.4 Å². The fourth-order valence-corrected chi connectivity index (χ4v) is 3.39. The highest BCUT2D eigenvalue weighted by molar-refractivity contribution is 6.04. The van der Waals surface area contributed by atoms with Crippen LogP contribution in [0.15, 0.2) is 42.5 Å². The van der Waals surface area contributed by atoms with E-state index >= 15 is 0 Å². The van der Waals surface area contributed by atoms with E-state index in [4.69, 9.17) is 9.47 Å². The van der Waals surface area contributed by atoms with E-state index in [1.807, 2.05) is 24.3 Å². The van der Waals surface area contributed by atoms with E-state index in [0.717, 1.165) is 24.1 Å². The molecule has 0 spiro atoms. The number of nitrogens with zero attached hydrogens (tertiary/aromatic N) is 2.